The third-order valence-electron chi connectivity index (χ3n) is 5.58. The number of ether oxygens (including phenoxy) is 1. The largest absolute Gasteiger partial charge is 0.460 e. The lowest BCUT2D eigenvalue weighted by molar-refractivity contribution is 0.0488. The normalized spacial score (nSPS) is 17.0. The zero-order valence-electron chi connectivity index (χ0n) is 19.6. The van der Waals surface area contributed by atoms with E-state index >= 15 is 0 Å². The van der Waals surface area contributed by atoms with E-state index in [0.717, 1.165) is 29.7 Å². The van der Waals surface area contributed by atoms with Gasteiger partial charge in [-0.2, -0.15) is 10.1 Å². The lowest BCUT2D eigenvalue weighted by atomic mass is 10.2. The molecule has 7 nitrogen and oxygen atoms in total. The van der Waals surface area contributed by atoms with Gasteiger partial charge in [-0.05, 0) is 67.3 Å². The number of carbonyl (C=O) groups is 1. The van der Waals surface area contributed by atoms with Gasteiger partial charge >= 0.3 is 5.97 Å². The number of halogens is 2. The fraction of sp³-hybridized carbons (Fsp3) is 0.292. The fourth-order valence-corrected chi connectivity index (χ4v) is 8.12. The first kappa shape index (κ1) is 25.9. The quantitative estimate of drug-likeness (QED) is 0.263. The van der Waals surface area contributed by atoms with Crippen molar-refractivity contribution in [2.75, 3.05) is 19.7 Å². The van der Waals surface area contributed by atoms with Crippen LogP contribution in [-0.4, -0.2) is 46.0 Å². The van der Waals surface area contributed by atoms with Crippen molar-refractivity contribution in [2.45, 2.75) is 27.3 Å². The molecule has 3 aromatic rings. The summed E-state index contributed by atoms with van der Waals surface area (Å²) in [4.78, 5) is 17.2. The number of benzene rings is 2. The Hall–Kier alpha value is -2.22. The SMILES string of the molecule is CCN(CC)P1(=S)OC(c2ccc(Cl)cc2)=Nc2c1c(C)nn2CCOC(=O)c1ccc(Cl)cc1. The Balaban J connectivity index is 1.66. The monoisotopic (exact) mass is 550 g/mol. The molecule has 2 aromatic carbocycles. The minimum atomic E-state index is -2.67. The molecule has 184 valence electrons. The Morgan fingerprint density at radius 3 is 2.29 bits per heavy atom. The van der Waals surface area contributed by atoms with E-state index < -0.39 is 12.4 Å². The van der Waals surface area contributed by atoms with Crippen LogP contribution >= 0.6 is 29.6 Å². The van der Waals surface area contributed by atoms with Crippen LogP contribution in [0.15, 0.2) is 53.5 Å². The number of aryl methyl sites for hydroxylation is 1. The van der Waals surface area contributed by atoms with Crippen molar-refractivity contribution >= 4 is 64.4 Å². The summed E-state index contributed by atoms with van der Waals surface area (Å²) in [5.41, 5.74) is 1.97. The Morgan fingerprint density at radius 1 is 1.09 bits per heavy atom. The summed E-state index contributed by atoms with van der Waals surface area (Å²) in [5.74, 6) is 0.640. The molecule has 11 heteroatoms. The minimum absolute atomic E-state index is 0.121. The molecule has 1 aliphatic rings. The van der Waals surface area contributed by atoms with Crippen molar-refractivity contribution in [1.29, 1.82) is 0 Å². The first-order valence-electron chi connectivity index (χ1n) is 11.2. The summed E-state index contributed by atoms with van der Waals surface area (Å²) < 4.78 is 15.9. The van der Waals surface area contributed by atoms with Crippen LogP contribution in [0.25, 0.3) is 0 Å². The molecular weight excluding hydrogens is 526 g/mol. The first-order chi connectivity index (χ1) is 16.8. The van der Waals surface area contributed by atoms with Crippen LogP contribution in [-0.2, 0) is 27.6 Å². The molecule has 0 radical (unpaired) electrons. The Labute approximate surface area is 219 Å². The van der Waals surface area contributed by atoms with Gasteiger partial charge in [-0.15, -0.1) is 0 Å². The van der Waals surface area contributed by atoms with Gasteiger partial charge in [-0.25, -0.2) is 14.1 Å². The first-order valence-corrected chi connectivity index (χ1v) is 14.6. The van der Waals surface area contributed by atoms with Gasteiger partial charge < -0.3 is 9.26 Å². The highest BCUT2D eigenvalue weighted by Crippen LogP contribution is 2.55. The molecular formula is C24H25Cl2N4O3PS. The number of carbonyl (C=O) groups excluding carboxylic acids is 1. The molecule has 0 amide bonds. The van der Waals surface area contributed by atoms with Gasteiger partial charge in [-0.1, -0.05) is 37.0 Å². The van der Waals surface area contributed by atoms with E-state index in [2.05, 4.69) is 18.5 Å². The Morgan fingerprint density at radius 2 is 1.69 bits per heavy atom. The maximum atomic E-state index is 12.4. The third-order valence-corrected chi connectivity index (χ3v) is 10.4. The highest BCUT2D eigenvalue weighted by atomic mass is 35.5. The molecule has 0 N–H and O–H groups in total. The van der Waals surface area contributed by atoms with Crippen molar-refractivity contribution in [3.05, 3.63) is 75.4 Å². The number of aromatic nitrogens is 2. The van der Waals surface area contributed by atoms with Crippen molar-refractivity contribution in [3.8, 4) is 0 Å². The molecule has 2 heterocycles. The van der Waals surface area contributed by atoms with Gasteiger partial charge in [0, 0.05) is 28.7 Å². The molecule has 1 unspecified atom stereocenters. The molecule has 35 heavy (non-hydrogen) atoms. The number of nitrogens with zero attached hydrogens (tertiary/aromatic N) is 4. The summed E-state index contributed by atoms with van der Waals surface area (Å²) >= 11 is 18.2. The number of fused-ring (bicyclic) bond motifs is 1. The second kappa shape index (κ2) is 10.8. The summed E-state index contributed by atoms with van der Waals surface area (Å²) in [6.07, 6.45) is -2.67. The number of hydrogen-bond donors (Lipinski definition) is 0. The topological polar surface area (TPSA) is 68.9 Å². The molecule has 4 rings (SSSR count). The van der Waals surface area contributed by atoms with Crippen LogP contribution < -0.4 is 5.30 Å². The highest BCUT2D eigenvalue weighted by Gasteiger charge is 2.40. The van der Waals surface area contributed by atoms with E-state index in [4.69, 9.17) is 54.4 Å². The number of rotatable bonds is 8. The Kier molecular flexibility index (Phi) is 7.99. The molecule has 0 aliphatic carbocycles. The van der Waals surface area contributed by atoms with Gasteiger partial charge in [-0.3, -0.25) is 0 Å². The van der Waals surface area contributed by atoms with Crippen LogP contribution in [0.1, 0.15) is 35.5 Å². The summed E-state index contributed by atoms with van der Waals surface area (Å²) in [6.45, 7) is 7.92. The zero-order chi connectivity index (χ0) is 25.2. The zero-order valence-corrected chi connectivity index (χ0v) is 22.8. The molecule has 1 atom stereocenters. The molecule has 0 spiro atoms. The van der Waals surface area contributed by atoms with Crippen LogP contribution in [0.2, 0.25) is 10.0 Å². The van der Waals surface area contributed by atoms with Crippen molar-refractivity contribution < 1.29 is 14.1 Å². The minimum Gasteiger partial charge on any atom is -0.460 e. The smallest absolute Gasteiger partial charge is 0.338 e. The van der Waals surface area contributed by atoms with Crippen molar-refractivity contribution in [3.63, 3.8) is 0 Å². The Bertz CT molecular complexity index is 1310. The van der Waals surface area contributed by atoms with Crippen LogP contribution in [0, 0.1) is 6.92 Å². The predicted molar refractivity (Wildman–Crippen MR) is 144 cm³/mol. The lowest BCUT2D eigenvalue weighted by Gasteiger charge is -2.35. The molecule has 1 aliphatic heterocycles. The molecule has 1 aromatic heterocycles. The summed E-state index contributed by atoms with van der Waals surface area (Å²) in [7, 11) is 0. The maximum Gasteiger partial charge on any atom is 0.338 e. The van der Waals surface area contributed by atoms with E-state index in [1.807, 2.05) is 19.1 Å². The second-order valence-corrected chi connectivity index (χ2v) is 12.4. The van der Waals surface area contributed by atoms with E-state index in [0.29, 0.717) is 33.9 Å². The number of aliphatic imine (C=N–C) groups is 1. The lowest BCUT2D eigenvalue weighted by Crippen LogP contribution is -2.32. The predicted octanol–water partition coefficient (Wildman–Crippen LogP) is 5.74. The number of hydrogen-bond acceptors (Lipinski definition) is 6. The summed E-state index contributed by atoms with van der Waals surface area (Å²) in [5, 5.41) is 6.71. The molecule has 0 saturated heterocycles. The third kappa shape index (κ3) is 5.32. The van der Waals surface area contributed by atoms with E-state index in [9.17, 15) is 4.79 Å². The maximum absolute atomic E-state index is 12.4. The van der Waals surface area contributed by atoms with E-state index in [1.165, 1.54) is 0 Å². The van der Waals surface area contributed by atoms with Crippen molar-refractivity contribution in [2.24, 2.45) is 4.99 Å². The van der Waals surface area contributed by atoms with Crippen LogP contribution in [0.4, 0.5) is 5.82 Å². The van der Waals surface area contributed by atoms with Gasteiger partial charge in [0.2, 0.25) is 12.3 Å². The van der Waals surface area contributed by atoms with Gasteiger partial charge in [0.05, 0.1) is 17.8 Å². The van der Waals surface area contributed by atoms with Crippen molar-refractivity contribution in [1.82, 2.24) is 14.5 Å². The fourth-order valence-electron chi connectivity index (χ4n) is 3.84. The molecule has 0 bridgehead atoms. The number of esters is 1. The standard InChI is InChI=1S/C24H25Cl2N4O3PS/c1-4-29(5-2)34(35)21-16(3)28-30(14-15-32-24(31)18-8-12-20(26)13-9-18)22(21)27-23(33-34)17-6-10-19(25)11-7-17/h6-13H,4-5,14-15H2,1-3H3. The average Bonchev–Trinajstić information content (AvgIpc) is 3.16. The average molecular weight is 551 g/mol. The summed E-state index contributed by atoms with van der Waals surface area (Å²) in [6, 6.07) is 13.9. The van der Waals surface area contributed by atoms with Crippen LogP contribution in [0.5, 0.6) is 0 Å². The van der Waals surface area contributed by atoms with Gasteiger partial charge in [0.1, 0.15) is 11.9 Å². The highest BCUT2D eigenvalue weighted by molar-refractivity contribution is 8.15. The van der Waals surface area contributed by atoms with Crippen LogP contribution in [0.3, 0.4) is 0 Å². The molecule has 0 saturated carbocycles. The second-order valence-electron chi connectivity index (χ2n) is 7.80. The van der Waals surface area contributed by atoms with E-state index in [1.54, 1.807) is 41.1 Å². The van der Waals surface area contributed by atoms with Gasteiger partial charge in [0.15, 0.2) is 5.82 Å². The van der Waals surface area contributed by atoms with E-state index in [-0.39, 0.29) is 6.61 Å². The molecule has 0 fully saturated rings. The van der Waals surface area contributed by atoms with Gasteiger partial charge in [0.25, 0.3) is 0 Å².